The summed E-state index contributed by atoms with van der Waals surface area (Å²) in [5, 5.41) is 3.98. The second-order valence-corrected chi connectivity index (χ2v) is 4.12. The predicted molar refractivity (Wildman–Crippen MR) is 58.4 cm³/mol. The standard InChI is InChI=1S/C10H14ClN3/c11-8-3-4-10(13-6-8)14-9(5-12)7-1-2-7/h3-4,6-7,9H,1-2,5,12H2,(H,13,14). The molecule has 4 heteroatoms. The molecule has 0 radical (unpaired) electrons. The average molecular weight is 212 g/mol. The fourth-order valence-electron chi connectivity index (χ4n) is 1.52. The summed E-state index contributed by atoms with van der Waals surface area (Å²) >= 11 is 5.74. The molecule has 76 valence electrons. The fraction of sp³-hybridized carbons (Fsp3) is 0.500. The Morgan fingerprint density at radius 2 is 2.36 bits per heavy atom. The Morgan fingerprint density at radius 3 is 2.86 bits per heavy atom. The van der Waals surface area contributed by atoms with Crippen LogP contribution in [0.25, 0.3) is 0 Å². The molecule has 0 spiro atoms. The molecule has 0 saturated heterocycles. The van der Waals surface area contributed by atoms with Gasteiger partial charge in [0, 0.05) is 18.8 Å². The van der Waals surface area contributed by atoms with Crippen molar-refractivity contribution in [1.29, 1.82) is 0 Å². The highest BCUT2D eigenvalue weighted by Crippen LogP contribution is 2.33. The summed E-state index contributed by atoms with van der Waals surface area (Å²) in [5.41, 5.74) is 5.68. The van der Waals surface area contributed by atoms with Crippen molar-refractivity contribution in [3.63, 3.8) is 0 Å². The zero-order chi connectivity index (χ0) is 9.97. The molecule has 3 N–H and O–H groups in total. The van der Waals surface area contributed by atoms with Gasteiger partial charge in [-0.2, -0.15) is 0 Å². The van der Waals surface area contributed by atoms with Crippen LogP contribution in [0, 0.1) is 5.92 Å². The van der Waals surface area contributed by atoms with Gasteiger partial charge in [-0.1, -0.05) is 11.6 Å². The van der Waals surface area contributed by atoms with Gasteiger partial charge >= 0.3 is 0 Å². The minimum Gasteiger partial charge on any atom is -0.366 e. The molecule has 2 rings (SSSR count). The number of anilines is 1. The lowest BCUT2D eigenvalue weighted by Crippen LogP contribution is -2.31. The van der Waals surface area contributed by atoms with E-state index in [1.165, 1.54) is 12.8 Å². The Kier molecular flexibility index (Phi) is 2.89. The van der Waals surface area contributed by atoms with E-state index in [0.29, 0.717) is 17.6 Å². The third kappa shape index (κ3) is 2.36. The van der Waals surface area contributed by atoms with Crippen LogP contribution in [0.3, 0.4) is 0 Å². The van der Waals surface area contributed by atoms with E-state index in [1.54, 1.807) is 6.20 Å². The smallest absolute Gasteiger partial charge is 0.126 e. The van der Waals surface area contributed by atoms with Crippen molar-refractivity contribution < 1.29 is 0 Å². The van der Waals surface area contributed by atoms with E-state index in [4.69, 9.17) is 17.3 Å². The third-order valence-corrected chi connectivity index (χ3v) is 2.73. The van der Waals surface area contributed by atoms with Gasteiger partial charge in [0.05, 0.1) is 5.02 Å². The largest absolute Gasteiger partial charge is 0.366 e. The molecule has 14 heavy (non-hydrogen) atoms. The molecule has 0 aromatic carbocycles. The molecule has 1 aliphatic rings. The molecule has 1 atom stereocenters. The van der Waals surface area contributed by atoms with E-state index in [1.807, 2.05) is 12.1 Å². The number of rotatable bonds is 4. The van der Waals surface area contributed by atoms with Crippen molar-refractivity contribution >= 4 is 17.4 Å². The molecule has 3 nitrogen and oxygen atoms in total. The summed E-state index contributed by atoms with van der Waals surface area (Å²) in [4.78, 5) is 4.18. The number of halogens is 1. The van der Waals surface area contributed by atoms with Crippen molar-refractivity contribution in [2.45, 2.75) is 18.9 Å². The lowest BCUT2D eigenvalue weighted by Gasteiger charge is -2.16. The van der Waals surface area contributed by atoms with Gasteiger partial charge in [-0.3, -0.25) is 0 Å². The molecule has 1 saturated carbocycles. The molecule has 1 heterocycles. The molecule has 1 aromatic heterocycles. The van der Waals surface area contributed by atoms with Crippen molar-refractivity contribution in [3.05, 3.63) is 23.4 Å². The van der Waals surface area contributed by atoms with Gasteiger partial charge < -0.3 is 11.1 Å². The van der Waals surface area contributed by atoms with Crippen LogP contribution in [0.4, 0.5) is 5.82 Å². The second-order valence-electron chi connectivity index (χ2n) is 3.69. The summed E-state index contributed by atoms with van der Waals surface area (Å²) in [6.45, 7) is 0.662. The van der Waals surface area contributed by atoms with Gasteiger partial charge in [0.2, 0.25) is 0 Å². The third-order valence-electron chi connectivity index (χ3n) is 2.51. The van der Waals surface area contributed by atoms with E-state index in [-0.39, 0.29) is 0 Å². The average Bonchev–Trinajstić information content (AvgIpc) is 3.01. The van der Waals surface area contributed by atoms with Crippen molar-refractivity contribution in [1.82, 2.24) is 4.98 Å². The molecule has 1 fully saturated rings. The number of aromatic nitrogens is 1. The Hall–Kier alpha value is -0.800. The number of nitrogens with zero attached hydrogens (tertiary/aromatic N) is 1. The summed E-state index contributed by atoms with van der Waals surface area (Å²) in [6.07, 6.45) is 4.20. The Bertz CT molecular complexity index is 295. The highest BCUT2D eigenvalue weighted by molar-refractivity contribution is 6.30. The first kappa shape index (κ1) is 9.74. The Morgan fingerprint density at radius 1 is 1.57 bits per heavy atom. The predicted octanol–water partition coefficient (Wildman–Crippen LogP) is 1.88. The zero-order valence-electron chi connectivity index (χ0n) is 7.91. The molecule has 0 aliphatic heterocycles. The van der Waals surface area contributed by atoms with Gasteiger partial charge in [0.15, 0.2) is 0 Å². The van der Waals surface area contributed by atoms with E-state index >= 15 is 0 Å². The molecule has 1 aromatic rings. The first-order valence-electron chi connectivity index (χ1n) is 4.88. The first-order chi connectivity index (χ1) is 6.79. The summed E-state index contributed by atoms with van der Waals surface area (Å²) in [7, 11) is 0. The maximum Gasteiger partial charge on any atom is 0.126 e. The lowest BCUT2D eigenvalue weighted by atomic mass is 10.2. The molecular weight excluding hydrogens is 198 g/mol. The SMILES string of the molecule is NCC(Nc1ccc(Cl)cn1)C1CC1. The number of nitrogens with one attached hydrogen (secondary N) is 1. The first-order valence-corrected chi connectivity index (χ1v) is 5.25. The summed E-state index contributed by atoms with van der Waals surface area (Å²) < 4.78 is 0. The van der Waals surface area contributed by atoms with Crippen LogP contribution in [-0.2, 0) is 0 Å². The van der Waals surface area contributed by atoms with Crippen molar-refractivity contribution in [3.8, 4) is 0 Å². The molecular formula is C10H14ClN3. The normalized spacial score (nSPS) is 17.9. The van der Waals surface area contributed by atoms with Crippen LogP contribution >= 0.6 is 11.6 Å². The minimum absolute atomic E-state index is 0.365. The molecule has 1 unspecified atom stereocenters. The molecule has 0 amide bonds. The molecule has 1 aliphatic carbocycles. The Balaban J connectivity index is 1.98. The lowest BCUT2D eigenvalue weighted by molar-refractivity contribution is 0.642. The van der Waals surface area contributed by atoms with Crippen LogP contribution in [-0.4, -0.2) is 17.6 Å². The van der Waals surface area contributed by atoms with Crippen LogP contribution in [0.2, 0.25) is 5.02 Å². The highest BCUT2D eigenvalue weighted by Gasteiger charge is 2.30. The monoisotopic (exact) mass is 211 g/mol. The van der Waals surface area contributed by atoms with E-state index in [0.717, 1.165) is 11.7 Å². The minimum atomic E-state index is 0.365. The van der Waals surface area contributed by atoms with E-state index in [2.05, 4.69) is 10.3 Å². The van der Waals surface area contributed by atoms with Crippen LogP contribution in [0.1, 0.15) is 12.8 Å². The van der Waals surface area contributed by atoms with Gasteiger partial charge in [0.1, 0.15) is 5.82 Å². The topological polar surface area (TPSA) is 50.9 Å². The Labute approximate surface area is 88.7 Å². The maximum atomic E-state index is 5.74. The van der Waals surface area contributed by atoms with E-state index in [9.17, 15) is 0 Å². The molecule has 0 bridgehead atoms. The maximum absolute atomic E-state index is 5.74. The van der Waals surface area contributed by atoms with Crippen molar-refractivity contribution in [2.24, 2.45) is 11.7 Å². The van der Waals surface area contributed by atoms with Gasteiger partial charge in [-0.25, -0.2) is 4.98 Å². The number of nitrogens with two attached hydrogens (primary N) is 1. The van der Waals surface area contributed by atoms with Crippen LogP contribution < -0.4 is 11.1 Å². The fourth-order valence-corrected chi connectivity index (χ4v) is 1.63. The van der Waals surface area contributed by atoms with Gasteiger partial charge in [-0.05, 0) is 30.9 Å². The second kappa shape index (κ2) is 4.15. The summed E-state index contributed by atoms with van der Waals surface area (Å²) in [5.74, 6) is 1.59. The van der Waals surface area contributed by atoms with Crippen LogP contribution in [0.15, 0.2) is 18.3 Å². The highest BCUT2D eigenvalue weighted by atomic mass is 35.5. The number of pyridine rings is 1. The summed E-state index contributed by atoms with van der Waals surface area (Å²) in [6, 6.07) is 4.08. The number of hydrogen-bond acceptors (Lipinski definition) is 3. The van der Waals surface area contributed by atoms with Crippen molar-refractivity contribution in [2.75, 3.05) is 11.9 Å². The zero-order valence-corrected chi connectivity index (χ0v) is 8.67. The number of hydrogen-bond donors (Lipinski definition) is 2. The van der Waals surface area contributed by atoms with E-state index < -0.39 is 0 Å². The van der Waals surface area contributed by atoms with Gasteiger partial charge in [-0.15, -0.1) is 0 Å². The van der Waals surface area contributed by atoms with Crippen LogP contribution in [0.5, 0.6) is 0 Å². The van der Waals surface area contributed by atoms with Gasteiger partial charge in [0.25, 0.3) is 0 Å². The quantitative estimate of drug-likeness (QED) is 0.800.